The lowest BCUT2D eigenvalue weighted by Crippen LogP contribution is -2.39. The van der Waals surface area contributed by atoms with Crippen LogP contribution in [0, 0.1) is 0 Å². The molecule has 5 heteroatoms. The fourth-order valence-corrected chi connectivity index (χ4v) is 2.14. The predicted octanol–water partition coefficient (Wildman–Crippen LogP) is 2.85. The van der Waals surface area contributed by atoms with Crippen molar-refractivity contribution in [1.29, 1.82) is 0 Å². The maximum Gasteiger partial charge on any atom is 0.191 e. The van der Waals surface area contributed by atoms with Crippen molar-refractivity contribution in [3.05, 3.63) is 49.0 Å². The molecular weight excluding hydrogens is 282 g/mol. The summed E-state index contributed by atoms with van der Waals surface area (Å²) in [6, 6.07) is 3.88. The molecule has 0 atom stereocenters. The SMILES string of the molecule is C=CCSCCNC(=NCC(=C)C)NCCc1ccco1. The van der Waals surface area contributed by atoms with Crippen molar-refractivity contribution in [3.63, 3.8) is 0 Å². The first-order valence-electron chi connectivity index (χ1n) is 7.10. The quantitative estimate of drug-likeness (QED) is 0.302. The zero-order valence-corrected chi connectivity index (χ0v) is 13.5. The zero-order valence-electron chi connectivity index (χ0n) is 12.7. The molecule has 1 rings (SSSR count). The number of rotatable bonds is 10. The predicted molar refractivity (Wildman–Crippen MR) is 93.1 cm³/mol. The van der Waals surface area contributed by atoms with E-state index in [9.17, 15) is 0 Å². The highest BCUT2D eigenvalue weighted by molar-refractivity contribution is 7.99. The molecule has 0 fully saturated rings. The Balaban J connectivity index is 2.31. The fourth-order valence-electron chi connectivity index (χ4n) is 1.56. The summed E-state index contributed by atoms with van der Waals surface area (Å²) in [7, 11) is 0. The highest BCUT2D eigenvalue weighted by Crippen LogP contribution is 2.00. The molecule has 0 bridgehead atoms. The molecule has 116 valence electrons. The summed E-state index contributed by atoms with van der Waals surface area (Å²) in [6.07, 6.45) is 4.45. The van der Waals surface area contributed by atoms with E-state index in [-0.39, 0.29) is 0 Å². The van der Waals surface area contributed by atoms with Crippen molar-refractivity contribution in [2.24, 2.45) is 4.99 Å². The zero-order chi connectivity index (χ0) is 15.3. The molecule has 0 amide bonds. The van der Waals surface area contributed by atoms with Gasteiger partial charge in [-0.3, -0.25) is 0 Å². The Kier molecular flexibility index (Phi) is 9.20. The third-order valence-corrected chi connectivity index (χ3v) is 3.49. The average Bonchev–Trinajstić information content (AvgIpc) is 2.97. The second-order valence-electron chi connectivity index (χ2n) is 4.67. The van der Waals surface area contributed by atoms with Gasteiger partial charge in [0.05, 0.1) is 12.8 Å². The Morgan fingerprint density at radius 3 is 2.90 bits per heavy atom. The molecule has 0 radical (unpaired) electrons. The van der Waals surface area contributed by atoms with E-state index in [0.717, 1.165) is 48.3 Å². The molecular formula is C16H25N3OS. The molecule has 0 unspecified atom stereocenters. The van der Waals surface area contributed by atoms with Crippen LogP contribution in [0.15, 0.2) is 52.6 Å². The second kappa shape index (κ2) is 11.1. The van der Waals surface area contributed by atoms with E-state index in [2.05, 4.69) is 28.8 Å². The average molecular weight is 307 g/mol. The van der Waals surface area contributed by atoms with E-state index in [1.807, 2.05) is 36.9 Å². The summed E-state index contributed by atoms with van der Waals surface area (Å²) in [5.41, 5.74) is 1.04. The molecule has 0 saturated heterocycles. The van der Waals surface area contributed by atoms with Crippen LogP contribution in [0.25, 0.3) is 0 Å². The molecule has 2 N–H and O–H groups in total. The van der Waals surface area contributed by atoms with Crippen molar-refractivity contribution in [2.75, 3.05) is 31.1 Å². The van der Waals surface area contributed by atoms with Gasteiger partial charge in [-0.05, 0) is 19.1 Å². The van der Waals surface area contributed by atoms with Crippen molar-refractivity contribution in [3.8, 4) is 0 Å². The standard InChI is InChI=1S/C16H25N3OS/c1-4-11-21-12-9-18-16(19-13-14(2)3)17-8-7-15-6-5-10-20-15/h4-6,10H,1-2,7-9,11-13H2,3H3,(H2,17,18,19). The van der Waals surface area contributed by atoms with Gasteiger partial charge in [-0.15, -0.1) is 6.58 Å². The lowest BCUT2D eigenvalue weighted by atomic mass is 10.3. The molecule has 0 saturated carbocycles. The van der Waals surface area contributed by atoms with Gasteiger partial charge in [-0.2, -0.15) is 11.8 Å². The number of thioether (sulfide) groups is 1. The molecule has 0 aliphatic carbocycles. The monoisotopic (exact) mass is 307 g/mol. The molecule has 1 aromatic heterocycles. The van der Waals surface area contributed by atoms with Gasteiger partial charge in [0.15, 0.2) is 5.96 Å². The molecule has 1 heterocycles. The minimum atomic E-state index is 0.635. The normalized spacial score (nSPS) is 11.2. The Labute approximate surface area is 131 Å². The molecule has 0 aliphatic heterocycles. The summed E-state index contributed by atoms with van der Waals surface area (Å²) in [5.74, 6) is 3.80. The van der Waals surface area contributed by atoms with E-state index in [4.69, 9.17) is 4.42 Å². The van der Waals surface area contributed by atoms with Crippen LogP contribution in [0.2, 0.25) is 0 Å². The van der Waals surface area contributed by atoms with Crippen molar-refractivity contribution >= 4 is 17.7 Å². The molecule has 0 spiro atoms. The van der Waals surface area contributed by atoms with Crippen LogP contribution < -0.4 is 10.6 Å². The number of furan rings is 1. The van der Waals surface area contributed by atoms with Crippen molar-refractivity contribution in [1.82, 2.24) is 10.6 Å². The van der Waals surface area contributed by atoms with Crippen LogP contribution in [0.3, 0.4) is 0 Å². The van der Waals surface area contributed by atoms with Gasteiger partial charge in [-0.25, -0.2) is 4.99 Å². The van der Waals surface area contributed by atoms with Gasteiger partial charge >= 0.3 is 0 Å². The molecule has 0 aromatic carbocycles. The van der Waals surface area contributed by atoms with E-state index >= 15 is 0 Å². The number of hydrogen-bond acceptors (Lipinski definition) is 3. The second-order valence-corrected chi connectivity index (χ2v) is 5.82. The molecule has 0 aliphatic rings. The van der Waals surface area contributed by atoms with Crippen LogP contribution in [0.1, 0.15) is 12.7 Å². The number of aliphatic imine (C=N–C) groups is 1. The van der Waals surface area contributed by atoms with Crippen molar-refractivity contribution < 1.29 is 4.42 Å². The molecule has 4 nitrogen and oxygen atoms in total. The van der Waals surface area contributed by atoms with Gasteiger partial charge in [0.2, 0.25) is 0 Å². The van der Waals surface area contributed by atoms with Crippen LogP contribution in [-0.2, 0) is 6.42 Å². The number of hydrogen-bond donors (Lipinski definition) is 2. The lowest BCUT2D eigenvalue weighted by molar-refractivity contribution is 0.507. The number of guanidine groups is 1. The van der Waals surface area contributed by atoms with Crippen LogP contribution in [0.5, 0.6) is 0 Å². The van der Waals surface area contributed by atoms with Crippen LogP contribution in [0.4, 0.5) is 0 Å². The highest BCUT2D eigenvalue weighted by atomic mass is 32.2. The Hall–Kier alpha value is -1.62. The minimum absolute atomic E-state index is 0.635. The molecule has 1 aromatic rings. The lowest BCUT2D eigenvalue weighted by Gasteiger charge is -2.12. The summed E-state index contributed by atoms with van der Waals surface area (Å²) in [4.78, 5) is 4.49. The third-order valence-electron chi connectivity index (χ3n) is 2.53. The Morgan fingerprint density at radius 2 is 2.24 bits per heavy atom. The van der Waals surface area contributed by atoms with E-state index in [1.165, 1.54) is 0 Å². The van der Waals surface area contributed by atoms with E-state index < -0.39 is 0 Å². The Bertz CT molecular complexity index is 440. The number of nitrogens with one attached hydrogen (secondary N) is 2. The first-order chi connectivity index (χ1) is 10.2. The van der Waals surface area contributed by atoms with Crippen LogP contribution in [-0.4, -0.2) is 37.1 Å². The van der Waals surface area contributed by atoms with Gasteiger partial charge in [0.1, 0.15) is 5.76 Å². The summed E-state index contributed by atoms with van der Waals surface area (Å²) in [5, 5.41) is 6.64. The van der Waals surface area contributed by atoms with Crippen LogP contribution >= 0.6 is 11.8 Å². The summed E-state index contributed by atoms with van der Waals surface area (Å²) >= 11 is 1.85. The maximum atomic E-state index is 5.31. The summed E-state index contributed by atoms with van der Waals surface area (Å²) in [6.45, 7) is 11.9. The van der Waals surface area contributed by atoms with Gasteiger partial charge in [0.25, 0.3) is 0 Å². The Morgan fingerprint density at radius 1 is 1.43 bits per heavy atom. The highest BCUT2D eigenvalue weighted by Gasteiger charge is 2.00. The van der Waals surface area contributed by atoms with Gasteiger partial charge in [-0.1, -0.05) is 18.2 Å². The minimum Gasteiger partial charge on any atom is -0.469 e. The van der Waals surface area contributed by atoms with Crippen molar-refractivity contribution in [2.45, 2.75) is 13.3 Å². The third kappa shape index (κ3) is 9.02. The van der Waals surface area contributed by atoms with E-state index in [1.54, 1.807) is 6.26 Å². The maximum absolute atomic E-state index is 5.31. The largest absolute Gasteiger partial charge is 0.469 e. The smallest absolute Gasteiger partial charge is 0.191 e. The number of nitrogens with zero attached hydrogens (tertiary/aromatic N) is 1. The molecule has 21 heavy (non-hydrogen) atoms. The van der Waals surface area contributed by atoms with Gasteiger partial charge < -0.3 is 15.1 Å². The fraction of sp³-hybridized carbons (Fsp3) is 0.438. The van der Waals surface area contributed by atoms with Gasteiger partial charge in [0, 0.05) is 31.0 Å². The first kappa shape index (κ1) is 17.4. The van der Waals surface area contributed by atoms with E-state index in [0.29, 0.717) is 6.54 Å². The topological polar surface area (TPSA) is 49.6 Å². The first-order valence-corrected chi connectivity index (χ1v) is 8.25. The summed E-state index contributed by atoms with van der Waals surface area (Å²) < 4.78 is 5.31.